The Labute approximate surface area is 581 Å². The fraction of sp³-hybridized carbons (Fsp3) is 0.966. The second-order valence-corrected chi connectivity index (χ2v) is 29.7. The van der Waals surface area contributed by atoms with Gasteiger partial charge in [-0.05, 0) is 70.6 Å². The van der Waals surface area contributed by atoms with Crippen LogP contribution in [0.1, 0.15) is 136 Å². The van der Waals surface area contributed by atoms with Crippen LogP contribution in [0.2, 0.25) is 0 Å². The van der Waals surface area contributed by atoms with Gasteiger partial charge in [-0.3, -0.25) is 41.3 Å². The standard InChI is InChI=1S/C59H116N2O34P4/c1-45(65)60-51-55(69)53(67)49(37-63)94-57(51)85-27-11-5-7-13-31-88-97(73,74)90-34-18-25-82-42-59(41-81-24-16-30-87-96(71)72,44-93-99(77,78)92-33-17-23-80-40-47(36-62)39-79-22-15-29-84-48-20-9-3-4-10-21-48)43-83-26-19-35-91-98(75,76)89-32-14-8-6-12-28-86-58-52(61-46(2)66)56(70)54(68)50(38-64)95-58/h47-58,62-64,67-70,96H,3-44H2,1-2H3,(H,60,65)(H,61,66)(H,71,72)(H,73,74)(H,75,76)(H,77,78). The molecule has 99 heavy (non-hydrogen) atoms. The summed E-state index contributed by atoms with van der Waals surface area (Å²) in [6.45, 7) is -0.0679. The SMILES string of the molecule is CC(=O)NC1C(OCCCCCCOP(=O)(O)OCCCOCC(COCCCO[PH](=O)O)(COCCCOP(=O)(O)OCCCCCCOC2OC(CO)C(O)C(O)C2NC(C)=O)COP(=O)(O)OCCCOCC(CO)COCCCOC2CCCCCC2)OC(CO)C(O)C1O. The first-order valence-corrected chi connectivity index (χ1v) is 40.0. The van der Waals surface area contributed by atoms with Crippen molar-refractivity contribution in [1.82, 2.24) is 10.6 Å². The van der Waals surface area contributed by atoms with Crippen molar-refractivity contribution in [3.63, 3.8) is 0 Å². The van der Waals surface area contributed by atoms with E-state index in [2.05, 4.69) is 10.6 Å². The molecule has 0 spiro atoms. The zero-order valence-corrected chi connectivity index (χ0v) is 61.0. The minimum atomic E-state index is -4.81. The van der Waals surface area contributed by atoms with Gasteiger partial charge in [-0.15, -0.1) is 0 Å². The number of phosphoric acid groups is 3. The second kappa shape index (κ2) is 53.5. The molecule has 13 N–H and O–H groups in total. The molecule has 2 aliphatic heterocycles. The lowest BCUT2D eigenvalue weighted by Crippen LogP contribution is -2.64. The van der Waals surface area contributed by atoms with Crippen LogP contribution in [0.5, 0.6) is 0 Å². The van der Waals surface area contributed by atoms with E-state index >= 15 is 0 Å². The van der Waals surface area contributed by atoms with Gasteiger partial charge in [0.15, 0.2) is 12.6 Å². The molecule has 1 saturated carbocycles. The van der Waals surface area contributed by atoms with Crippen LogP contribution in [0.15, 0.2) is 0 Å². The molecule has 0 aromatic rings. The molecule has 0 aromatic heterocycles. The Balaban J connectivity index is 1.51. The van der Waals surface area contributed by atoms with Gasteiger partial charge in [-0.2, -0.15) is 0 Å². The van der Waals surface area contributed by atoms with E-state index in [-0.39, 0.29) is 151 Å². The molecule has 2 saturated heterocycles. The first-order valence-electron chi connectivity index (χ1n) is 34.2. The molecule has 40 heteroatoms. The highest BCUT2D eigenvalue weighted by Gasteiger charge is 2.47. The molecular weight excluding hydrogens is 1400 g/mol. The van der Waals surface area contributed by atoms with Gasteiger partial charge >= 0.3 is 31.7 Å². The van der Waals surface area contributed by atoms with E-state index in [4.69, 9.17) is 83.9 Å². The maximum atomic E-state index is 13.4. The fourth-order valence-electron chi connectivity index (χ4n) is 10.4. The number of aliphatic hydroxyl groups excluding tert-OH is 7. The average molecular weight is 1520 g/mol. The molecule has 3 rings (SSSR count). The fourth-order valence-corrected chi connectivity index (χ4v) is 13.1. The third-order valence-electron chi connectivity index (χ3n) is 15.7. The van der Waals surface area contributed by atoms with E-state index in [0.717, 1.165) is 19.3 Å². The topological polar surface area (TPSA) is 506 Å². The number of phosphoric ester groups is 3. The van der Waals surface area contributed by atoms with Crippen LogP contribution >= 0.6 is 31.7 Å². The number of hydrogen-bond donors (Lipinski definition) is 13. The highest BCUT2D eigenvalue weighted by atomic mass is 31.2. The molecule has 2 heterocycles. The number of amides is 2. The average Bonchev–Trinajstić information content (AvgIpc) is 1.69. The number of ether oxygens (including phenoxy) is 10. The van der Waals surface area contributed by atoms with Gasteiger partial charge in [0.25, 0.3) is 0 Å². The van der Waals surface area contributed by atoms with Crippen molar-refractivity contribution in [3.8, 4) is 0 Å². The monoisotopic (exact) mass is 1520 g/mol. The van der Waals surface area contributed by atoms with Crippen molar-refractivity contribution in [2.24, 2.45) is 11.3 Å². The van der Waals surface area contributed by atoms with Crippen LogP contribution in [0, 0.1) is 11.3 Å². The first-order chi connectivity index (χ1) is 47.4. The molecular formula is C59H116N2O34P4. The molecule has 15 atom stereocenters. The summed E-state index contributed by atoms with van der Waals surface area (Å²) in [5, 5.41) is 75.3. The summed E-state index contributed by atoms with van der Waals surface area (Å²) in [7, 11) is -17.1. The van der Waals surface area contributed by atoms with Crippen LogP contribution in [-0.4, -0.2) is 286 Å². The highest BCUT2D eigenvalue weighted by molar-refractivity contribution is 7.47. The maximum Gasteiger partial charge on any atom is 0.472 e. The van der Waals surface area contributed by atoms with Crippen LogP contribution in [0.3, 0.4) is 0 Å². The second-order valence-electron chi connectivity index (χ2n) is 24.5. The van der Waals surface area contributed by atoms with Crippen LogP contribution < -0.4 is 10.6 Å². The Hall–Kier alpha value is -1.26. The summed E-state index contributed by atoms with van der Waals surface area (Å²) >= 11 is 0. The minimum Gasteiger partial charge on any atom is -0.396 e. The van der Waals surface area contributed by atoms with E-state index < -0.39 is 130 Å². The van der Waals surface area contributed by atoms with E-state index in [1.165, 1.54) is 39.5 Å². The number of nitrogens with one attached hydrogen (secondary N) is 2. The van der Waals surface area contributed by atoms with Crippen LogP contribution in [-0.2, 0) is 107 Å². The number of unbranched alkanes of at least 4 members (excludes halogenated alkanes) is 6. The van der Waals surface area contributed by atoms with Gasteiger partial charge in [-0.1, -0.05) is 51.4 Å². The minimum absolute atomic E-state index is 0.0328. The van der Waals surface area contributed by atoms with E-state index in [9.17, 15) is 78.3 Å². The molecule has 0 aromatic carbocycles. The molecule has 0 bridgehead atoms. The van der Waals surface area contributed by atoms with Crippen LogP contribution in [0.25, 0.3) is 0 Å². The molecule has 3 fully saturated rings. The maximum absolute atomic E-state index is 13.4. The number of aliphatic hydroxyl groups is 7. The lowest BCUT2D eigenvalue weighted by molar-refractivity contribution is -0.270. The smallest absolute Gasteiger partial charge is 0.396 e. The van der Waals surface area contributed by atoms with Crippen molar-refractivity contribution < 1.29 is 162 Å². The largest absolute Gasteiger partial charge is 0.472 e. The number of carbonyl (C=O) groups excluding carboxylic acids is 2. The van der Waals surface area contributed by atoms with Crippen molar-refractivity contribution >= 4 is 43.5 Å². The lowest BCUT2D eigenvalue weighted by atomic mass is 9.92. The van der Waals surface area contributed by atoms with Crippen molar-refractivity contribution in [2.45, 2.75) is 203 Å². The zero-order chi connectivity index (χ0) is 72.8. The Morgan fingerprint density at radius 1 is 0.465 bits per heavy atom. The molecule has 586 valence electrons. The van der Waals surface area contributed by atoms with Gasteiger partial charge in [0, 0.05) is 72.6 Å². The molecule has 1 aliphatic carbocycles. The van der Waals surface area contributed by atoms with Gasteiger partial charge in [0.2, 0.25) is 11.8 Å². The summed E-state index contributed by atoms with van der Waals surface area (Å²) in [4.78, 5) is 64.2. The number of hydrogen-bond acceptors (Lipinski definition) is 30. The van der Waals surface area contributed by atoms with Crippen molar-refractivity contribution in [1.29, 1.82) is 0 Å². The zero-order valence-electron chi connectivity index (χ0n) is 57.3. The van der Waals surface area contributed by atoms with Gasteiger partial charge in [0.05, 0.1) is 111 Å². The normalized spacial score (nSPS) is 25.6. The Bertz CT molecular complexity index is 2170. The molecule has 15 unspecified atom stereocenters. The van der Waals surface area contributed by atoms with Crippen molar-refractivity contribution in [3.05, 3.63) is 0 Å². The summed E-state index contributed by atoms with van der Waals surface area (Å²) < 4.78 is 144. The van der Waals surface area contributed by atoms with Gasteiger partial charge in [0.1, 0.15) is 48.7 Å². The third kappa shape index (κ3) is 42.0. The number of carbonyl (C=O) groups is 2. The summed E-state index contributed by atoms with van der Waals surface area (Å²) in [6.07, 6.45) is 1.98. The van der Waals surface area contributed by atoms with Crippen LogP contribution in [0.4, 0.5) is 0 Å². The quantitative estimate of drug-likeness (QED) is 0.0236. The summed E-state index contributed by atoms with van der Waals surface area (Å²) in [5.41, 5.74) is -1.41. The molecule has 0 radical (unpaired) electrons. The predicted molar refractivity (Wildman–Crippen MR) is 350 cm³/mol. The van der Waals surface area contributed by atoms with E-state index in [0.29, 0.717) is 70.7 Å². The lowest BCUT2D eigenvalue weighted by Gasteiger charge is -2.42. The predicted octanol–water partition coefficient (Wildman–Crippen LogP) is 2.20. The Kier molecular flexibility index (Phi) is 49.7. The molecule has 2 amide bonds. The van der Waals surface area contributed by atoms with Crippen molar-refractivity contribution in [2.75, 3.05) is 152 Å². The van der Waals surface area contributed by atoms with Gasteiger partial charge < -0.3 is 118 Å². The van der Waals surface area contributed by atoms with Gasteiger partial charge in [-0.25, -0.2) is 13.7 Å². The Morgan fingerprint density at radius 2 is 0.818 bits per heavy atom. The molecule has 36 nitrogen and oxygen atoms in total. The number of rotatable bonds is 61. The Morgan fingerprint density at radius 3 is 1.20 bits per heavy atom. The summed E-state index contributed by atoms with van der Waals surface area (Å²) in [6, 6.07) is -2.17. The highest BCUT2D eigenvalue weighted by Crippen LogP contribution is 2.46. The molecule has 3 aliphatic rings. The first kappa shape index (κ1) is 91.9. The summed E-state index contributed by atoms with van der Waals surface area (Å²) in [5.74, 6) is -1.29. The third-order valence-corrected chi connectivity index (χ3v) is 19.1. The van der Waals surface area contributed by atoms with E-state index in [1.54, 1.807) is 0 Å². The van der Waals surface area contributed by atoms with E-state index in [1.807, 2.05) is 0 Å².